The molecule has 2 heterocycles. The van der Waals surface area contributed by atoms with Crippen molar-refractivity contribution in [3.05, 3.63) is 35.4 Å². The quantitative estimate of drug-likeness (QED) is 0.454. The standard InChI is InChI=1S/C32H52N2O4/c1-29(2,27(35)37-31(5,6)25-12-16-33-17-13-25)21-23-10-9-11-24(20-23)22-30(3,4)28(36)38-32(7,8)26-14-18-34-19-15-26/h9-11,20,25-26,33-34H,12-19,21-22H2,1-8H3/p+2. The zero-order valence-electron chi connectivity index (χ0n) is 25.3. The van der Waals surface area contributed by atoms with Gasteiger partial charge in [-0.05, 0) is 79.4 Å². The third-order valence-corrected chi connectivity index (χ3v) is 8.94. The van der Waals surface area contributed by atoms with Crippen molar-refractivity contribution in [1.29, 1.82) is 0 Å². The van der Waals surface area contributed by atoms with Gasteiger partial charge in [0.15, 0.2) is 0 Å². The first-order chi connectivity index (χ1) is 17.6. The van der Waals surface area contributed by atoms with Crippen LogP contribution in [0.15, 0.2) is 24.3 Å². The van der Waals surface area contributed by atoms with E-state index in [0.29, 0.717) is 24.7 Å². The van der Waals surface area contributed by atoms with Crippen molar-refractivity contribution in [3.63, 3.8) is 0 Å². The molecule has 4 N–H and O–H groups in total. The Morgan fingerprint density at radius 2 is 1.03 bits per heavy atom. The zero-order valence-corrected chi connectivity index (χ0v) is 25.3. The van der Waals surface area contributed by atoms with Gasteiger partial charge in [-0.25, -0.2) is 0 Å². The van der Waals surface area contributed by atoms with Crippen molar-refractivity contribution < 1.29 is 29.7 Å². The van der Waals surface area contributed by atoms with Crippen molar-refractivity contribution in [3.8, 4) is 0 Å². The van der Waals surface area contributed by atoms with E-state index in [1.54, 1.807) is 0 Å². The van der Waals surface area contributed by atoms with Gasteiger partial charge >= 0.3 is 11.9 Å². The summed E-state index contributed by atoms with van der Waals surface area (Å²) in [5, 5.41) is 4.67. The van der Waals surface area contributed by atoms with Crippen LogP contribution in [0.1, 0.15) is 92.2 Å². The van der Waals surface area contributed by atoms with Gasteiger partial charge in [-0.1, -0.05) is 24.3 Å². The molecular formula is C32H54N2O4+2. The molecule has 214 valence electrons. The van der Waals surface area contributed by atoms with E-state index in [1.807, 2.05) is 33.8 Å². The fourth-order valence-corrected chi connectivity index (χ4v) is 6.18. The molecule has 0 amide bonds. The lowest BCUT2D eigenvalue weighted by atomic mass is 9.80. The molecule has 2 fully saturated rings. The Hall–Kier alpha value is -1.92. The molecule has 0 aromatic heterocycles. The minimum absolute atomic E-state index is 0.145. The summed E-state index contributed by atoms with van der Waals surface area (Å²) in [5.41, 5.74) is -0.0501. The van der Waals surface area contributed by atoms with Gasteiger partial charge in [-0.3, -0.25) is 9.59 Å². The first-order valence-corrected chi connectivity index (χ1v) is 14.8. The summed E-state index contributed by atoms with van der Waals surface area (Å²) in [5.74, 6) is 0.515. The van der Waals surface area contributed by atoms with Gasteiger partial charge in [0.05, 0.1) is 37.0 Å². The van der Waals surface area contributed by atoms with Crippen LogP contribution in [-0.2, 0) is 31.9 Å². The molecule has 0 radical (unpaired) electrons. The van der Waals surface area contributed by atoms with Crippen LogP contribution in [0.5, 0.6) is 0 Å². The third kappa shape index (κ3) is 8.05. The Labute approximate surface area is 231 Å². The molecule has 0 spiro atoms. The maximum Gasteiger partial charge on any atom is 0.312 e. The van der Waals surface area contributed by atoms with E-state index >= 15 is 0 Å². The molecule has 0 aliphatic carbocycles. The second kappa shape index (κ2) is 12.1. The SMILES string of the molecule is CC(C)(Cc1cccc(CC(C)(C)C(=O)OC(C)(C)C2CC[NH2+]CC2)c1)C(=O)OC(C)(C)C1CC[NH2+]CC1. The molecule has 0 unspecified atom stereocenters. The molecule has 2 aliphatic rings. The summed E-state index contributed by atoms with van der Waals surface area (Å²) in [4.78, 5) is 26.6. The third-order valence-electron chi connectivity index (χ3n) is 8.94. The van der Waals surface area contributed by atoms with Gasteiger partial charge < -0.3 is 20.1 Å². The van der Waals surface area contributed by atoms with E-state index in [0.717, 1.165) is 63.0 Å². The van der Waals surface area contributed by atoms with Gasteiger partial charge in [-0.15, -0.1) is 0 Å². The topological polar surface area (TPSA) is 85.8 Å². The molecule has 3 rings (SSSR count). The first kappa shape index (κ1) is 30.6. The van der Waals surface area contributed by atoms with Crippen LogP contribution >= 0.6 is 0 Å². The minimum Gasteiger partial charge on any atom is -0.459 e. The second-order valence-electron chi connectivity index (χ2n) is 14.2. The maximum atomic E-state index is 13.3. The average Bonchev–Trinajstić information content (AvgIpc) is 2.84. The Balaban J connectivity index is 1.62. The van der Waals surface area contributed by atoms with Crippen LogP contribution in [0.25, 0.3) is 0 Å². The highest BCUT2D eigenvalue weighted by molar-refractivity contribution is 5.77. The van der Waals surface area contributed by atoms with Gasteiger partial charge in [0.2, 0.25) is 0 Å². The Morgan fingerprint density at radius 3 is 1.37 bits per heavy atom. The highest BCUT2D eigenvalue weighted by Crippen LogP contribution is 2.34. The monoisotopic (exact) mass is 530 g/mol. The van der Waals surface area contributed by atoms with Crippen molar-refractivity contribution in [1.82, 2.24) is 0 Å². The number of esters is 2. The summed E-state index contributed by atoms with van der Waals surface area (Å²) in [7, 11) is 0. The molecule has 38 heavy (non-hydrogen) atoms. The molecule has 1 aromatic rings. The minimum atomic E-state index is -0.646. The van der Waals surface area contributed by atoms with Gasteiger partial charge in [0, 0.05) is 37.5 Å². The number of hydrogen-bond donors (Lipinski definition) is 2. The van der Waals surface area contributed by atoms with Crippen LogP contribution < -0.4 is 10.6 Å². The summed E-state index contributed by atoms with van der Waals surface area (Å²) in [6.45, 7) is 20.5. The average molecular weight is 531 g/mol. The number of benzene rings is 1. The lowest BCUT2D eigenvalue weighted by Gasteiger charge is -2.38. The number of carbonyl (C=O) groups excluding carboxylic acids is 2. The van der Waals surface area contributed by atoms with E-state index in [1.165, 1.54) is 0 Å². The predicted octanol–water partition coefficient (Wildman–Crippen LogP) is 3.41. The molecule has 1 aromatic carbocycles. The van der Waals surface area contributed by atoms with E-state index in [9.17, 15) is 9.59 Å². The zero-order chi connectivity index (χ0) is 28.2. The molecular weight excluding hydrogens is 476 g/mol. The van der Waals surface area contributed by atoms with Crippen LogP contribution in [0.4, 0.5) is 0 Å². The highest BCUT2D eigenvalue weighted by atomic mass is 16.6. The number of rotatable bonds is 10. The fourth-order valence-electron chi connectivity index (χ4n) is 6.18. The van der Waals surface area contributed by atoms with Gasteiger partial charge in [-0.2, -0.15) is 0 Å². The largest absolute Gasteiger partial charge is 0.459 e. The second-order valence-corrected chi connectivity index (χ2v) is 14.2. The smallest absolute Gasteiger partial charge is 0.312 e. The molecule has 6 nitrogen and oxygen atoms in total. The molecule has 0 saturated carbocycles. The molecule has 2 saturated heterocycles. The lowest BCUT2D eigenvalue weighted by molar-refractivity contribution is -0.666. The fraction of sp³-hybridized carbons (Fsp3) is 0.750. The summed E-state index contributed by atoms with van der Waals surface area (Å²) < 4.78 is 12.3. The number of ether oxygens (including phenoxy) is 2. The van der Waals surface area contributed by atoms with Crippen LogP contribution in [-0.4, -0.2) is 49.3 Å². The normalized spacial score (nSPS) is 18.7. The summed E-state index contributed by atoms with van der Waals surface area (Å²) in [6, 6.07) is 8.29. The predicted molar refractivity (Wildman–Crippen MR) is 151 cm³/mol. The van der Waals surface area contributed by atoms with Crippen molar-refractivity contribution in [2.45, 2.75) is 105 Å². The highest BCUT2D eigenvalue weighted by Gasteiger charge is 2.41. The van der Waals surface area contributed by atoms with Crippen LogP contribution in [0, 0.1) is 22.7 Å². The number of quaternary nitrogens is 2. The van der Waals surface area contributed by atoms with Gasteiger partial charge in [0.25, 0.3) is 0 Å². The summed E-state index contributed by atoms with van der Waals surface area (Å²) >= 11 is 0. The van der Waals surface area contributed by atoms with E-state index in [4.69, 9.17) is 9.47 Å². The lowest BCUT2D eigenvalue weighted by Crippen LogP contribution is -2.86. The van der Waals surface area contributed by atoms with Crippen molar-refractivity contribution in [2.24, 2.45) is 22.7 Å². The van der Waals surface area contributed by atoms with Crippen molar-refractivity contribution >= 4 is 11.9 Å². The Bertz CT molecular complexity index is 881. The summed E-state index contributed by atoms with van der Waals surface area (Å²) in [6.07, 6.45) is 5.50. The number of piperidine rings is 2. The number of hydrogen-bond acceptors (Lipinski definition) is 4. The van der Waals surface area contributed by atoms with Crippen LogP contribution in [0.2, 0.25) is 0 Å². The Morgan fingerprint density at radius 1 is 0.684 bits per heavy atom. The Kier molecular flexibility index (Phi) is 9.73. The van der Waals surface area contributed by atoms with Gasteiger partial charge in [0.1, 0.15) is 11.2 Å². The molecule has 2 aliphatic heterocycles. The van der Waals surface area contributed by atoms with Crippen LogP contribution in [0.3, 0.4) is 0 Å². The first-order valence-electron chi connectivity index (χ1n) is 14.8. The molecule has 6 heteroatoms. The molecule has 0 atom stereocenters. The number of carbonyl (C=O) groups is 2. The van der Waals surface area contributed by atoms with E-state index in [-0.39, 0.29) is 11.9 Å². The van der Waals surface area contributed by atoms with Crippen molar-refractivity contribution in [2.75, 3.05) is 26.2 Å². The van der Waals surface area contributed by atoms with E-state index in [2.05, 4.69) is 56.5 Å². The molecule has 0 bridgehead atoms. The maximum absolute atomic E-state index is 13.3. The van der Waals surface area contributed by atoms with E-state index < -0.39 is 22.0 Å². The number of nitrogens with two attached hydrogens (primary N) is 2.